The summed E-state index contributed by atoms with van der Waals surface area (Å²) in [4.78, 5) is 14.2. The number of hydrogen-bond acceptors (Lipinski definition) is 4. The first-order chi connectivity index (χ1) is 10.8. The van der Waals surface area contributed by atoms with Gasteiger partial charge in [-0.25, -0.2) is 4.98 Å². The van der Waals surface area contributed by atoms with Gasteiger partial charge in [-0.05, 0) is 18.1 Å². The molecule has 1 unspecified atom stereocenters. The van der Waals surface area contributed by atoms with Gasteiger partial charge in [0.2, 0.25) is 0 Å². The monoisotopic (exact) mass is 294 g/mol. The molecule has 1 aliphatic rings. The molecule has 0 fully saturated rings. The van der Waals surface area contributed by atoms with Crippen LogP contribution in [0.5, 0.6) is 0 Å². The van der Waals surface area contributed by atoms with E-state index in [0.717, 1.165) is 36.2 Å². The average Bonchev–Trinajstić information content (AvgIpc) is 2.98. The smallest absolute Gasteiger partial charge is 0.156 e. The Kier molecular flexibility index (Phi) is 3.27. The van der Waals surface area contributed by atoms with Gasteiger partial charge < -0.3 is 15.0 Å². The van der Waals surface area contributed by atoms with Crippen LogP contribution in [0.25, 0.3) is 11.2 Å². The van der Waals surface area contributed by atoms with Crippen LogP contribution >= 0.6 is 0 Å². The summed E-state index contributed by atoms with van der Waals surface area (Å²) in [7, 11) is 0. The van der Waals surface area contributed by atoms with Gasteiger partial charge in [0.05, 0.1) is 0 Å². The van der Waals surface area contributed by atoms with E-state index in [-0.39, 0.29) is 12.5 Å². The highest BCUT2D eigenvalue weighted by atomic mass is 16.3. The van der Waals surface area contributed by atoms with Crippen LogP contribution in [-0.4, -0.2) is 33.2 Å². The van der Waals surface area contributed by atoms with Crippen molar-refractivity contribution >= 4 is 16.9 Å². The number of aliphatic hydroxyl groups excluding tert-OH is 1. The molecule has 0 amide bonds. The lowest BCUT2D eigenvalue weighted by Crippen LogP contribution is -2.36. The van der Waals surface area contributed by atoms with Crippen LogP contribution in [0.3, 0.4) is 0 Å². The van der Waals surface area contributed by atoms with Crippen LogP contribution in [0.4, 0.5) is 5.69 Å². The molecule has 4 rings (SSSR count). The van der Waals surface area contributed by atoms with Gasteiger partial charge in [0, 0.05) is 55.5 Å². The van der Waals surface area contributed by atoms with E-state index in [1.54, 1.807) is 12.4 Å². The van der Waals surface area contributed by atoms with Gasteiger partial charge in [0.25, 0.3) is 0 Å². The van der Waals surface area contributed by atoms with E-state index in [0.29, 0.717) is 0 Å². The molecule has 3 aromatic rings. The fraction of sp³-hybridized carbons (Fsp3) is 0.294. The zero-order valence-electron chi connectivity index (χ0n) is 12.2. The van der Waals surface area contributed by atoms with Crippen molar-refractivity contribution in [3.05, 3.63) is 54.0 Å². The Morgan fingerprint density at radius 3 is 3.00 bits per heavy atom. The average molecular weight is 294 g/mol. The number of H-pyrrole nitrogens is 1. The lowest BCUT2D eigenvalue weighted by molar-refractivity contribution is 0.224. The largest absolute Gasteiger partial charge is 0.396 e. The summed E-state index contributed by atoms with van der Waals surface area (Å²) in [5.74, 6) is 0.284. The highest BCUT2D eigenvalue weighted by molar-refractivity contribution is 5.75. The molecule has 0 saturated heterocycles. The first kappa shape index (κ1) is 13.3. The zero-order chi connectivity index (χ0) is 14.9. The second-order valence-electron chi connectivity index (χ2n) is 5.83. The number of aromatic nitrogens is 3. The Bertz CT molecular complexity index is 798. The zero-order valence-corrected chi connectivity index (χ0v) is 12.2. The van der Waals surface area contributed by atoms with E-state index in [1.807, 2.05) is 6.20 Å². The normalized spacial score (nSPS) is 17.7. The third kappa shape index (κ3) is 2.23. The Morgan fingerprint density at radius 1 is 1.23 bits per heavy atom. The van der Waals surface area contributed by atoms with Crippen LogP contribution in [0.15, 0.2) is 42.9 Å². The van der Waals surface area contributed by atoms with Crippen molar-refractivity contribution < 1.29 is 5.11 Å². The van der Waals surface area contributed by atoms with E-state index < -0.39 is 0 Å². The summed E-state index contributed by atoms with van der Waals surface area (Å²) in [6.07, 6.45) is 6.34. The van der Waals surface area contributed by atoms with Gasteiger partial charge in [0.15, 0.2) is 5.65 Å². The number of aromatic amines is 1. The number of hydrogen-bond donors (Lipinski definition) is 2. The summed E-state index contributed by atoms with van der Waals surface area (Å²) in [6.45, 7) is 1.85. The van der Waals surface area contributed by atoms with Crippen molar-refractivity contribution in [1.29, 1.82) is 0 Å². The molecule has 2 N–H and O–H groups in total. The Hall–Kier alpha value is -2.40. The van der Waals surface area contributed by atoms with Crippen molar-refractivity contribution in [2.75, 3.05) is 18.1 Å². The molecule has 1 atom stereocenters. The molecule has 2 aromatic heterocycles. The maximum atomic E-state index is 9.58. The second-order valence-corrected chi connectivity index (χ2v) is 5.83. The summed E-state index contributed by atoms with van der Waals surface area (Å²) in [5, 5.41) is 9.58. The predicted octanol–water partition coefficient (Wildman–Crippen LogP) is 2.13. The van der Waals surface area contributed by atoms with Crippen molar-refractivity contribution in [3.63, 3.8) is 0 Å². The number of fused-ring (bicyclic) bond motifs is 2. The first-order valence-corrected chi connectivity index (χ1v) is 7.56. The molecule has 1 aromatic carbocycles. The summed E-state index contributed by atoms with van der Waals surface area (Å²) < 4.78 is 0. The van der Waals surface area contributed by atoms with E-state index in [1.165, 1.54) is 11.3 Å². The maximum absolute atomic E-state index is 9.58. The van der Waals surface area contributed by atoms with Gasteiger partial charge in [-0.3, -0.25) is 4.98 Å². The number of benzene rings is 1. The van der Waals surface area contributed by atoms with E-state index >= 15 is 0 Å². The maximum Gasteiger partial charge on any atom is 0.156 e. The van der Waals surface area contributed by atoms with Crippen LogP contribution in [0.2, 0.25) is 0 Å². The molecule has 0 spiro atoms. The van der Waals surface area contributed by atoms with Crippen molar-refractivity contribution in [1.82, 2.24) is 15.0 Å². The molecule has 0 aliphatic carbocycles. The topological polar surface area (TPSA) is 65.0 Å². The minimum Gasteiger partial charge on any atom is -0.396 e. The van der Waals surface area contributed by atoms with Crippen LogP contribution in [-0.2, 0) is 13.0 Å². The van der Waals surface area contributed by atoms with Gasteiger partial charge in [0.1, 0.15) is 5.52 Å². The van der Waals surface area contributed by atoms with Crippen LogP contribution < -0.4 is 4.90 Å². The first-order valence-electron chi connectivity index (χ1n) is 7.56. The van der Waals surface area contributed by atoms with Crippen LogP contribution in [0, 0.1) is 5.92 Å². The van der Waals surface area contributed by atoms with Crippen molar-refractivity contribution in [2.24, 2.45) is 5.92 Å². The SMILES string of the molecule is OCC1Cc2ccccc2N(Cc2c[nH]c3nccnc23)C1. The standard InChI is InChI=1S/C17H18N4O/c22-11-12-7-13-3-1-2-4-15(13)21(9-12)10-14-8-20-17-16(14)18-5-6-19-17/h1-6,8,12,22H,7,9-11H2,(H,19,20). The summed E-state index contributed by atoms with van der Waals surface area (Å²) in [6, 6.07) is 8.44. The minimum absolute atomic E-state index is 0.221. The molecule has 112 valence electrons. The van der Waals surface area contributed by atoms with Gasteiger partial charge >= 0.3 is 0 Å². The molecule has 0 saturated carbocycles. The fourth-order valence-electron chi connectivity index (χ4n) is 3.28. The van der Waals surface area contributed by atoms with E-state index in [4.69, 9.17) is 0 Å². The minimum atomic E-state index is 0.221. The molecule has 0 bridgehead atoms. The van der Waals surface area contributed by atoms with Gasteiger partial charge in [-0.2, -0.15) is 0 Å². The van der Waals surface area contributed by atoms with Crippen molar-refractivity contribution in [2.45, 2.75) is 13.0 Å². The van der Waals surface area contributed by atoms with Gasteiger partial charge in [-0.1, -0.05) is 18.2 Å². The molecule has 22 heavy (non-hydrogen) atoms. The number of aliphatic hydroxyl groups is 1. The number of nitrogens with one attached hydrogen (secondary N) is 1. The second kappa shape index (κ2) is 5.42. The quantitative estimate of drug-likeness (QED) is 0.776. The Balaban J connectivity index is 1.70. The Labute approximate surface area is 128 Å². The number of para-hydroxylation sites is 1. The lowest BCUT2D eigenvalue weighted by Gasteiger charge is -2.35. The third-order valence-corrected chi connectivity index (χ3v) is 4.32. The summed E-state index contributed by atoms with van der Waals surface area (Å²) >= 11 is 0. The molecule has 5 heteroatoms. The lowest BCUT2D eigenvalue weighted by atomic mass is 9.93. The molecular formula is C17H18N4O. The number of nitrogens with zero attached hydrogens (tertiary/aromatic N) is 3. The van der Waals surface area contributed by atoms with Crippen molar-refractivity contribution in [3.8, 4) is 0 Å². The number of rotatable bonds is 3. The molecule has 0 radical (unpaired) electrons. The van der Waals surface area contributed by atoms with E-state index in [9.17, 15) is 5.11 Å². The molecule has 1 aliphatic heterocycles. The van der Waals surface area contributed by atoms with Crippen LogP contribution in [0.1, 0.15) is 11.1 Å². The molecular weight excluding hydrogens is 276 g/mol. The van der Waals surface area contributed by atoms with Gasteiger partial charge in [-0.15, -0.1) is 0 Å². The highest BCUT2D eigenvalue weighted by Gasteiger charge is 2.24. The fourth-order valence-corrected chi connectivity index (χ4v) is 3.28. The molecule has 3 heterocycles. The Morgan fingerprint density at radius 2 is 2.09 bits per heavy atom. The predicted molar refractivity (Wildman–Crippen MR) is 85.7 cm³/mol. The third-order valence-electron chi connectivity index (χ3n) is 4.32. The summed E-state index contributed by atoms with van der Waals surface area (Å²) in [5.41, 5.74) is 5.44. The van der Waals surface area contributed by atoms with E-state index in [2.05, 4.69) is 44.1 Å². The number of anilines is 1. The molecule has 5 nitrogen and oxygen atoms in total. The highest BCUT2D eigenvalue weighted by Crippen LogP contribution is 2.31.